The van der Waals surface area contributed by atoms with E-state index in [1.165, 1.54) is 13.2 Å². The van der Waals surface area contributed by atoms with Crippen LogP contribution in [0.25, 0.3) is 0 Å². The molecule has 0 radical (unpaired) electrons. The summed E-state index contributed by atoms with van der Waals surface area (Å²) in [5.41, 5.74) is 1.40. The van der Waals surface area contributed by atoms with Crippen molar-refractivity contribution in [3.63, 3.8) is 0 Å². The maximum absolute atomic E-state index is 11.8. The molecule has 1 aliphatic rings. The number of hydrogen-bond acceptors (Lipinski definition) is 4. The van der Waals surface area contributed by atoms with E-state index in [1.54, 1.807) is 6.92 Å². The lowest BCUT2D eigenvalue weighted by atomic mass is 10.2. The number of rotatable bonds is 3. The fraction of sp³-hybridized carbons (Fsp3) is 0.300. The van der Waals surface area contributed by atoms with Crippen LogP contribution in [-0.2, 0) is 20.9 Å². The third-order valence-corrected chi connectivity index (χ3v) is 3.53. The first-order valence-electron chi connectivity index (χ1n) is 4.98. The van der Waals surface area contributed by atoms with E-state index in [2.05, 4.69) is 14.0 Å². The minimum atomic E-state index is -0.585. The number of ether oxygens (including phenoxy) is 1. The average molecular weight is 306 g/mol. The van der Waals surface area contributed by atoms with Crippen molar-refractivity contribution in [1.29, 1.82) is 0 Å². The van der Waals surface area contributed by atoms with Gasteiger partial charge in [-0.3, -0.25) is 4.79 Å². The number of benzene rings is 1. The molecular weight excluding hydrogens is 297 g/mol. The molecule has 1 atom stereocenters. The highest BCUT2D eigenvalue weighted by atomic mass is 35.5. The van der Waals surface area contributed by atoms with Crippen LogP contribution in [0.1, 0.15) is 6.92 Å². The number of carbonyl (C=O) groups is 1. The van der Waals surface area contributed by atoms with Crippen molar-refractivity contribution < 1.29 is 9.53 Å². The Kier molecular flexibility index (Phi) is 4.01. The molecule has 2 rings (SSSR count). The molecule has 1 aliphatic heterocycles. The summed E-state index contributed by atoms with van der Waals surface area (Å²) in [7, 11) is 1.45. The van der Waals surface area contributed by atoms with Crippen LogP contribution in [0.2, 0.25) is 10.0 Å². The van der Waals surface area contributed by atoms with Gasteiger partial charge in [0.1, 0.15) is 17.5 Å². The summed E-state index contributed by atoms with van der Waals surface area (Å²) in [6, 6.07) is 1.53. The third-order valence-electron chi connectivity index (χ3n) is 2.41. The Labute approximate surface area is 117 Å². The molecule has 0 aromatic heterocycles. The van der Waals surface area contributed by atoms with Crippen molar-refractivity contribution in [3.8, 4) is 0 Å². The van der Waals surface area contributed by atoms with E-state index >= 15 is 0 Å². The standard InChI is InChI=1S/C10H9Cl2N3O2S/c1-4(17-2)10(16)13-7-5(11)3-6(12)8-9(7)15-18-14-8/h3-4H,1-2H3,(H,13,16). The summed E-state index contributed by atoms with van der Waals surface area (Å²) in [5.74, 6) is -0.309. The zero-order chi connectivity index (χ0) is 13.3. The molecule has 8 heteroatoms. The number of fused-ring (bicyclic) bond motifs is 1. The quantitative estimate of drug-likeness (QED) is 0.940. The highest BCUT2D eigenvalue weighted by Gasteiger charge is 2.22. The fourth-order valence-electron chi connectivity index (χ4n) is 1.32. The Morgan fingerprint density at radius 1 is 1.39 bits per heavy atom. The Hall–Kier alpha value is -0.950. The van der Waals surface area contributed by atoms with Gasteiger partial charge in [0.2, 0.25) is 0 Å². The number of nitrogens with zero attached hydrogens (tertiary/aromatic N) is 2. The maximum Gasteiger partial charge on any atom is 0.253 e. The number of carbonyl (C=O) groups excluding carboxylic acids is 1. The van der Waals surface area contributed by atoms with Crippen molar-refractivity contribution in [2.75, 3.05) is 12.4 Å². The van der Waals surface area contributed by atoms with Gasteiger partial charge in [-0.1, -0.05) is 23.2 Å². The first kappa shape index (κ1) is 13.5. The molecule has 0 saturated carbocycles. The number of anilines is 1. The minimum Gasteiger partial charge on any atom is -0.372 e. The van der Waals surface area contributed by atoms with E-state index in [-0.39, 0.29) is 5.91 Å². The number of halogens is 2. The molecule has 18 heavy (non-hydrogen) atoms. The Bertz CT molecular complexity index is 585. The van der Waals surface area contributed by atoms with Crippen molar-refractivity contribution in [3.05, 3.63) is 16.1 Å². The van der Waals surface area contributed by atoms with Gasteiger partial charge in [0.25, 0.3) is 5.91 Å². The van der Waals surface area contributed by atoms with E-state index in [1.807, 2.05) is 0 Å². The molecule has 1 aromatic rings. The Balaban J connectivity index is 2.38. The maximum atomic E-state index is 11.8. The van der Waals surface area contributed by atoms with Crippen LogP contribution < -0.4 is 5.32 Å². The molecule has 0 bridgehead atoms. The van der Waals surface area contributed by atoms with Crippen LogP contribution in [0, 0.1) is 0 Å². The highest BCUT2D eigenvalue weighted by molar-refractivity contribution is 7.58. The predicted molar refractivity (Wildman–Crippen MR) is 73.1 cm³/mol. The zero-order valence-corrected chi connectivity index (χ0v) is 11.9. The van der Waals surface area contributed by atoms with E-state index in [9.17, 15) is 4.79 Å². The van der Waals surface area contributed by atoms with Crippen molar-refractivity contribution in [2.45, 2.75) is 13.0 Å². The van der Waals surface area contributed by atoms with Gasteiger partial charge < -0.3 is 10.1 Å². The lowest BCUT2D eigenvalue weighted by Gasteiger charge is -2.13. The molecular formula is C10H9Cl2N3O2S. The lowest BCUT2D eigenvalue weighted by Crippen LogP contribution is -2.26. The van der Waals surface area contributed by atoms with Gasteiger partial charge in [-0.2, -0.15) is 8.73 Å². The largest absolute Gasteiger partial charge is 0.372 e. The second kappa shape index (κ2) is 5.36. The molecule has 1 amide bonds. The number of methoxy groups -OCH3 is 1. The Morgan fingerprint density at radius 3 is 2.72 bits per heavy atom. The average Bonchev–Trinajstić information content (AvgIpc) is 2.82. The molecule has 96 valence electrons. The molecule has 0 spiro atoms. The van der Waals surface area contributed by atoms with Crippen molar-refractivity contribution in [1.82, 2.24) is 0 Å². The van der Waals surface area contributed by atoms with Crippen LogP contribution in [0.5, 0.6) is 0 Å². The Morgan fingerprint density at radius 2 is 2.06 bits per heavy atom. The fourth-order valence-corrected chi connectivity index (χ4v) is 2.48. The van der Waals surface area contributed by atoms with Crippen LogP contribution in [0.4, 0.5) is 17.1 Å². The summed E-state index contributed by atoms with van der Waals surface area (Å²) in [5, 5.41) is 3.39. The van der Waals surface area contributed by atoms with Gasteiger partial charge in [-0.15, -0.1) is 0 Å². The van der Waals surface area contributed by atoms with Crippen LogP contribution in [0.15, 0.2) is 14.8 Å². The second-order valence-electron chi connectivity index (χ2n) is 3.54. The SMILES string of the molecule is COC(C)C(=O)Nc1c(Cl)cc(Cl)c2c1N=S=N2. The van der Waals surface area contributed by atoms with Crippen LogP contribution in [-0.4, -0.2) is 19.1 Å². The van der Waals surface area contributed by atoms with E-state index in [0.29, 0.717) is 27.1 Å². The number of nitrogens with one attached hydrogen (secondary N) is 1. The van der Waals surface area contributed by atoms with Crippen molar-refractivity contribution >= 4 is 57.5 Å². The molecule has 1 heterocycles. The molecule has 1 N–H and O–H groups in total. The van der Waals surface area contributed by atoms with Gasteiger partial charge in [-0.05, 0) is 13.0 Å². The third kappa shape index (κ3) is 2.42. The second-order valence-corrected chi connectivity index (χ2v) is 4.89. The molecule has 0 saturated heterocycles. The van der Waals surface area contributed by atoms with Gasteiger partial charge >= 0.3 is 0 Å². The van der Waals surface area contributed by atoms with Gasteiger partial charge in [0, 0.05) is 7.11 Å². The van der Waals surface area contributed by atoms with E-state index in [4.69, 9.17) is 27.9 Å². The first-order chi connectivity index (χ1) is 8.54. The monoisotopic (exact) mass is 305 g/mol. The van der Waals surface area contributed by atoms with E-state index < -0.39 is 6.10 Å². The number of amides is 1. The minimum absolute atomic E-state index is 0.309. The smallest absolute Gasteiger partial charge is 0.253 e. The summed E-state index contributed by atoms with van der Waals surface area (Å²) in [4.78, 5) is 11.8. The molecule has 5 nitrogen and oxygen atoms in total. The normalized spacial score (nSPS) is 14.0. The first-order valence-corrected chi connectivity index (χ1v) is 6.47. The topological polar surface area (TPSA) is 63.0 Å². The molecule has 0 aliphatic carbocycles. The molecule has 1 aromatic carbocycles. The van der Waals surface area contributed by atoms with Gasteiger partial charge in [0.15, 0.2) is 0 Å². The molecule has 0 fully saturated rings. The van der Waals surface area contributed by atoms with Gasteiger partial charge in [0.05, 0.1) is 27.1 Å². The van der Waals surface area contributed by atoms with E-state index in [0.717, 1.165) is 11.4 Å². The summed E-state index contributed by atoms with van der Waals surface area (Å²) in [6.45, 7) is 1.63. The van der Waals surface area contributed by atoms with Gasteiger partial charge in [-0.25, -0.2) is 0 Å². The summed E-state index contributed by atoms with van der Waals surface area (Å²) in [6.07, 6.45) is -0.585. The zero-order valence-electron chi connectivity index (χ0n) is 9.53. The molecule has 1 unspecified atom stereocenters. The highest BCUT2D eigenvalue weighted by Crippen LogP contribution is 2.47. The number of hydrogen-bond donors (Lipinski definition) is 1. The summed E-state index contributed by atoms with van der Waals surface area (Å²) >= 11 is 13.0. The lowest BCUT2D eigenvalue weighted by molar-refractivity contribution is -0.124. The predicted octanol–water partition coefficient (Wildman–Crippen LogP) is 3.69. The van der Waals surface area contributed by atoms with Crippen LogP contribution in [0.3, 0.4) is 0 Å². The van der Waals surface area contributed by atoms with Crippen molar-refractivity contribution in [2.24, 2.45) is 8.73 Å². The summed E-state index contributed by atoms with van der Waals surface area (Å²) < 4.78 is 13.1. The van der Waals surface area contributed by atoms with Crippen LogP contribution >= 0.6 is 23.2 Å².